The molecule has 1 rings (SSSR count). The molecule has 68 valence electrons. The lowest BCUT2D eigenvalue weighted by Gasteiger charge is -1.99. The van der Waals surface area contributed by atoms with Gasteiger partial charge in [-0.3, -0.25) is 4.79 Å². The third-order valence-electron chi connectivity index (χ3n) is 1.74. The summed E-state index contributed by atoms with van der Waals surface area (Å²) in [7, 11) is 1.51. The molecule has 0 bridgehead atoms. The highest BCUT2D eigenvalue weighted by Gasteiger charge is 2.03. The van der Waals surface area contributed by atoms with Crippen LogP contribution in [0.4, 0.5) is 0 Å². The number of ketones is 1. The zero-order chi connectivity index (χ0) is 9.68. The number of carbonyl (C=O) groups excluding carboxylic acids is 1. The molecule has 0 unspecified atom stereocenters. The molecule has 0 aromatic heterocycles. The molecular formula is C11H12O2. The smallest absolute Gasteiger partial charge is 0.188 e. The van der Waals surface area contributed by atoms with Crippen LogP contribution in [-0.2, 0) is 4.74 Å². The van der Waals surface area contributed by atoms with E-state index >= 15 is 0 Å². The minimum absolute atomic E-state index is 0.00175. The first-order chi connectivity index (χ1) is 6.27. The van der Waals surface area contributed by atoms with Crippen molar-refractivity contribution in [2.24, 2.45) is 0 Å². The predicted molar refractivity (Wildman–Crippen MR) is 52.7 cm³/mol. The first-order valence-corrected chi connectivity index (χ1v) is 4.02. The highest BCUT2D eigenvalue weighted by Crippen LogP contribution is 2.06. The van der Waals surface area contributed by atoms with Gasteiger partial charge in [-0.15, -0.1) is 0 Å². The Morgan fingerprint density at radius 2 is 2.08 bits per heavy atom. The van der Waals surface area contributed by atoms with E-state index in [0.29, 0.717) is 5.56 Å². The van der Waals surface area contributed by atoms with Crippen LogP contribution in [0.25, 0.3) is 6.08 Å². The fourth-order valence-corrected chi connectivity index (χ4v) is 1.02. The second-order valence-electron chi connectivity index (χ2n) is 2.68. The van der Waals surface area contributed by atoms with Gasteiger partial charge in [0.15, 0.2) is 5.78 Å². The van der Waals surface area contributed by atoms with E-state index in [4.69, 9.17) is 4.74 Å². The summed E-state index contributed by atoms with van der Waals surface area (Å²) < 4.78 is 4.74. The second-order valence-corrected chi connectivity index (χ2v) is 2.68. The molecule has 0 aliphatic rings. The van der Waals surface area contributed by atoms with Gasteiger partial charge in [0, 0.05) is 12.7 Å². The molecule has 2 nitrogen and oxygen atoms in total. The Bertz CT molecular complexity index is 298. The van der Waals surface area contributed by atoms with Gasteiger partial charge < -0.3 is 4.74 Å². The van der Waals surface area contributed by atoms with E-state index in [-0.39, 0.29) is 12.4 Å². The minimum Gasteiger partial charge on any atom is -0.377 e. The SMILES string of the molecule is C=Cc1ccc(C(=O)COC)cc1. The monoisotopic (exact) mass is 176 g/mol. The third-order valence-corrected chi connectivity index (χ3v) is 1.74. The maximum Gasteiger partial charge on any atom is 0.188 e. The van der Waals surface area contributed by atoms with E-state index in [2.05, 4.69) is 6.58 Å². The summed E-state index contributed by atoms with van der Waals surface area (Å²) in [5.41, 5.74) is 1.68. The standard InChI is InChI=1S/C11H12O2/c1-3-9-4-6-10(7-5-9)11(12)8-13-2/h3-7H,1,8H2,2H3. The maximum absolute atomic E-state index is 11.3. The Balaban J connectivity index is 2.79. The second kappa shape index (κ2) is 4.58. The summed E-state index contributed by atoms with van der Waals surface area (Å²) in [5.74, 6) is -0.00175. The maximum atomic E-state index is 11.3. The summed E-state index contributed by atoms with van der Waals surface area (Å²) in [5, 5.41) is 0. The molecule has 0 fully saturated rings. The van der Waals surface area contributed by atoms with Crippen molar-refractivity contribution in [3.8, 4) is 0 Å². The highest BCUT2D eigenvalue weighted by atomic mass is 16.5. The lowest BCUT2D eigenvalue weighted by atomic mass is 10.1. The van der Waals surface area contributed by atoms with Crippen LogP contribution in [0.15, 0.2) is 30.8 Å². The Morgan fingerprint density at radius 3 is 2.54 bits per heavy atom. The van der Waals surface area contributed by atoms with E-state index in [1.165, 1.54) is 7.11 Å². The van der Waals surface area contributed by atoms with Crippen molar-refractivity contribution < 1.29 is 9.53 Å². The molecule has 0 N–H and O–H groups in total. The van der Waals surface area contributed by atoms with Crippen LogP contribution in [0.1, 0.15) is 15.9 Å². The van der Waals surface area contributed by atoms with Crippen molar-refractivity contribution in [2.75, 3.05) is 13.7 Å². The molecule has 2 heteroatoms. The summed E-state index contributed by atoms with van der Waals surface area (Å²) >= 11 is 0. The predicted octanol–water partition coefficient (Wildman–Crippen LogP) is 2.16. The van der Waals surface area contributed by atoms with Crippen LogP contribution in [0.2, 0.25) is 0 Å². The lowest BCUT2D eigenvalue weighted by Crippen LogP contribution is -2.06. The minimum atomic E-state index is -0.00175. The average Bonchev–Trinajstić information content (AvgIpc) is 2.18. The van der Waals surface area contributed by atoms with Gasteiger partial charge in [-0.1, -0.05) is 36.9 Å². The number of rotatable bonds is 4. The first kappa shape index (κ1) is 9.68. The topological polar surface area (TPSA) is 26.3 Å². The highest BCUT2D eigenvalue weighted by molar-refractivity contribution is 5.97. The molecule has 0 spiro atoms. The van der Waals surface area contributed by atoms with E-state index < -0.39 is 0 Å². The van der Waals surface area contributed by atoms with Crippen LogP contribution in [0.5, 0.6) is 0 Å². The summed E-state index contributed by atoms with van der Waals surface area (Å²) in [6, 6.07) is 7.27. The summed E-state index contributed by atoms with van der Waals surface area (Å²) in [6.07, 6.45) is 1.74. The number of methoxy groups -OCH3 is 1. The number of ether oxygens (including phenoxy) is 1. The number of benzene rings is 1. The third kappa shape index (κ3) is 2.53. The van der Waals surface area contributed by atoms with Gasteiger partial charge in [-0.25, -0.2) is 0 Å². The molecule has 0 saturated carbocycles. The molecule has 0 radical (unpaired) electrons. The quantitative estimate of drug-likeness (QED) is 0.657. The molecule has 0 heterocycles. The fraction of sp³-hybridized carbons (Fsp3) is 0.182. The Morgan fingerprint density at radius 1 is 1.46 bits per heavy atom. The molecule has 0 aliphatic heterocycles. The van der Waals surface area contributed by atoms with Crippen LogP contribution in [-0.4, -0.2) is 19.5 Å². The normalized spacial score (nSPS) is 9.62. The van der Waals surface area contributed by atoms with Crippen LogP contribution in [0, 0.1) is 0 Å². The largest absolute Gasteiger partial charge is 0.377 e. The van der Waals surface area contributed by atoms with E-state index in [9.17, 15) is 4.79 Å². The first-order valence-electron chi connectivity index (χ1n) is 4.02. The van der Waals surface area contributed by atoms with E-state index in [1.54, 1.807) is 18.2 Å². The van der Waals surface area contributed by atoms with Gasteiger partial charge in [-0.05, 0) is 5.56 Å². The van der Waals surface area contributed by atoms with E-state index in [1.807, 2.05) is 12.1 Å². The molecule has 0 saturated heterocycles. The van der Waals surface area contributed by atoms with Crippen molar-refractivity contribution in [3.63, 3.8) is 0 Å². The number of hydrogen-bond donors (Lipinski definition) is 0. The van der Waals surface area contributed by atoms with Crippen molar-refractivity contribution in [1.29, 1.82) is 0 Å². The molecule has 1 aromatic rings. The van der Waals surface area contributed by atoms with Crippen molar-refractivity contribution in [3.05, 3.63) is 42.0 Å². The molecular weight excluding hydrogens is 164 g/mol. The Labute approximate surface area is 77.8 Å². The number of carbonyl (C=O) groups is 1. The molecule has 0 amide bonds. The summed E-state index contributed by atoms with van der Waals surface area (Å²) in [4.78, 5) is 11.3. The van der Waals surface area contributed by atoms with Crippen molar-refractivity contribution >= 4 is 11.9 Å². The molecule has 1 aromatic carbocycles. The van der Waals surface area contributed by atoms with Gasteiger partial charge in [0.05, 0.1) is 0 Å². The molecule has 13 heavy (non-hydrogen) atoms. The Kier molecular flexibility index (Phi) is 3.41. The van der Waals surface area contributed by atoms with Crippen LogP contribution < -0.4 is 0 Å². The van der Waals surface area contributed by atoms with Gasteiger partial charge in [0.2, 0.25) is 0 Å². The number of hydrogen-bond acceptors (Lipinski definition) is 2. The Hall–Kier alpha value is -1.41. The zero-order valence-electron chi connectivity index (χ0n) is 7.62. The summed E-state index contributed by atoms with van der Waals surface area (Å²) in [6.45, 7) is 3.76. The van der Waals surface area contributed by atoms with Crippen molar-refractivity contribution in [1.82, 2.24) is 0 Å². The average molecular weight is 176 g/mol. The van der Waals surface area contributed by atoms with Gasteiger partial charge in [0.1, 0.15) is 6.61 Å². The van der Waals surface area contributed by atoms with E-state index in [0.717, 1.165) is 5.56 Å². The molecule has 0 atom stereocenters. The van der Waals surface area contributed by atoms with Crippen LogP contribution in [0.3, 0.4) is 0 Å². The molecule has 0 aliphatic carbocycles. The van der Waals surface area contributed by atoms with Gasteiger partial charge >= 0.3 is 0 Å². The zero-order valence-corrected chi connectivity index (χ0v) is 7.62. The van der Waals surface area contributed by atoms with Crippen molar-refractivity contribution in [2.45, 2.75) is 0 Å². The fourth-order valence-electron chi connectivity index (χ4n) is 1.02. The number of Topliss-reactive ketones (excluding diaryl/α,β-unsaturated/α-hetero) is 1. The van der Waals surface area contributed by atoms with Gasteiger partial charge in [-0.2, -0.15) is 0 Å². The van der Waals surface area contributed by atoms with Crippen LogP contribution >= 0.6 is 0 Å². The lowest BCUT2D eigenvalue weighted by molar-refractivity contribution is 0.0848. The van der Waals surface area contributed by atoms with Gasteiger partial charge in [0.25, 0.3) is 0 Å².